The van der Waals surface area contributed by atoms with Crippen molar-refractivity contribution in [1.82, 2.24) is 0 Å². The first-order valence-corrected chi connectivity index (χ1v) is 5.68. The Morgan fingerprint density at radius 3 is 2.38 bits per heavy atom. The summed E-state index contributed by atoms with van der Waals surface area (Å²) in [7, 11) is 3.29. The first kappa shape index (κ1) is 12.8. The Hall–Kier alpha value is -1.22. The average molecular weight is 223 g/mol. The third-order valence-electron chi connectivity index (χ3n) is 2.80. The minimum atomic E-state index is 0.407. The fourth-order valence-electron chi connectivity index (χ4n) is 1.88. The van der Waals surface area contributed by atoms with E-state index >= 15 is 0 Å². The van der Waals surface area contributed by atoms with E-state index in [0.717, 1.165) is 24.3 Å². The molecule has 2 N–H and O–H groups in total. The molecule has 3 heteroatoms. The van der Waals surface area contributed by atoms with Gasteiger partial charge in [0.25, 0.3) is 0 Å². The standard InChI is InChI=1S/C13H21NO2/c1-4-5-11(9-14)10-6-7-12(15-2)13(8-10)16-3/h6-8,11H,4-5,9,14H2,1-3H3/t11-/m1/s1. The van der Waals surface area contributed by atoms with Crippen molar-refractivity contribution in [3.63, 3.8) is 0 Å². The molecule has 0 radical (unpaired) electrons. The first-order chi connectivity index (χ1) is 7.76. The molecule has 1 aromatic rings. The molecule has 0 aliphatic heterocycles. The number of hydrogen-bond donors (Lipinski definition) is 1. The molecular weight excluding hydrogens is 202 g/mol. The van der Waals surface area contributed by atoms with Crippen molar-refractivity contribution in [3.8, 4) is 11.5 Å². The van der Waals surface area contributed by atoms with Crippen LogP contribution in [0.4, 0.5) is 0 Å². The van der Waals surface area contributed by atoms with Gasteiger partial charge in [0.1, 0.15) is 0 Å². The fraction of sp³-hybridized carbons (Fsp3) is 0.538. The molecule has 0 aromatic heterocycles. The smallest absolute Gasteiger partial charge is 0.160 e. The zero-order valence-corrected chi connectivity index (χ0v) is 10.3. The van der Waals surface area contributed by atoms with Crippen molar-refractivity contribution in [2.24, 2.45) is 5.73 Å². The zero-order chi connectivity index (χ0) is 12.0. The van der Waals surface area contributed by atoms with Gasteiger partial charge in [-0.3, -0.25) is 0 Å². The van der Waals surface area contributed by atoms with Gasteiger partial charge in [0.15, 0.2) is 11.5 Å². The number of hydrogen-bond acceptors (Lipinski definition) is 3. The number of benzene rings is 1. The van der Waals surface area contributed by atoms with Crippen LogP contribution in [0.15, 0.2) is 18.2 Å². The maximum atomic E-state index is 5.78. The van der Waals surface area contributed by atoms with Crippen LogP contribution in [0.5, 0.6) is 11.5 Å². The maximum Gasteiger partial charge on any atom is 0.160 e. The highest BCUT2D eigenvalue weighted by Crippen LogP contribution is 2.31. The van der Waals surface area contributed by atoms with Crippen LogP contribution in [0, 0.1) is 0 Å². The van der Waals surface area contributed by atoms with E-state index < -0.39 is 0 Å². The second kappa shape index (κ2) is 6.38. The number of rotatable bonds is 6. The van der Waals surface area contributed by atoms with E-state index in [4.69, 9.17) is 15.2 Å². The minimum absolute atomic E-state index is 0.407. The summed E-state index contributed by atoms with van der Waals surface area (Å²) in [5.74, 6) is 1.94. The molecule has 3 nitrogen and oxygen atoms in total. The molecule has 0 heterocycles. The van der Waals surface area contributed by atoms with Crippen LogP contribution in [0.25, 0.3) is 0 Å². The normalized spacial score (nSPS) is 12.2. The second-order valence-electron chi connectivity index (χ2n) is 3.84. The Bertz CT molecular complexity index is 326. The number of nitrogens with two attached hydrogens (primary N) is 1. The zero-order valence-electron chi connectivity index (χ0n) is 10.3. The van der Waals surface area contributed by atoms with E-state index in [9.17, 15) is 0 Å². The fourth-order valence-corrected chi connectivity index (χ4v) is 1.88. The monoisotopic (exact) mass is 223 g/mol. The predicted octanol–water partition coefficient (Wildman–Crippen LogP) is 2.55. The molecular formula is C13H21NO2. The van der Waals surface area contributed by atoms with E-state index in [-0.39, 0.29) is 0 Å². The van der Waals surface area contributed by atoms with E-state index in [1.54, 1.807) is 14.2 Å². The van der Waals surface area contributed by atoms with Crippen molar-refractivity contribution in [2.75, 3.05) is 20.8 Å². The number of ether oxygens (including phenoxy) is 2. The molecule has 0 amide bonds. The lowest BCUT2D eigenvalue weighted by Crippen LogP contribution is -2.12. The van der Waals surface area contributed by atoms with Gasteiger partial charge in [-0.1, -0.05) is 19.4 Å². The number of methoxy groups -OCH3 is 2. The van der Waals surface area contributed by atoms with E-state index in [0.29, 0.717) is 12.5 Å². The Balaban J connectivity index is 2.96. The molecule has 0 saturated heterocycles. The van der Waals surface area contributed by atoms with Gasteiger partial charge in [0, 0.05) is 0 Å². The highest BCUT2D eigenvalue weighted by atomic mass is 16.5. The molecule has 1 rings (SSSR count). The lowest BCUT2D eigenvalue weighted by molar-refractivity contribution is 0.354. The summed E-state index contributed by atoms with van der Waals surface area (Å²) in [4.78, 5) is 0. The molecule has 0 fully saturated rings. The summed E-state index contributed by atoms with van der Waals surface area (Å²) in [5.41, 5.74) is 7.00. The Labute approximate surface area is 97.6 Å². The molecule has 0 spiro atoms. The van der Waals surface area contributed by atoms with Crippen molar-refractivity contribution < 1.29 is 9.47 Å². The second-order valence-corrected chi connectivity index (χ2v) is 3.84. The van der Waals surface area contributed by atoms with E-state index in [1.807, 2.05) is 12.1 Å². The molecule has 1 aromatic carbocycles. The lowest BCUT2D eigenvalue weighted by Gasteiger charge is -2.16. The van der Waals surface area contributed by atoms with Crippen LogP contribution >= 0.6 is 0 Å². The minimum Gasteiger partial charge on any atom is -0.493 e. The quantitative estimate of drug-likeness (QED) is 0.806. The molecule has 1 atom stereocenters. The van der Waals surface area contributed by atoms with Gasteiger partial charge in [0.2, 0.25) is 0 Å². The summed E-state index contributed by atoms with van der Waals surface area (Å²) in [5, 5.41) is 0. The largest absolute Gasteiger partial charge is 0.493 e. The predicted molar refractivity (Wildman–Crippen MR) is 66.2 cm³/mol. The molecule has 0 saturated carbocycles. The molecule has 0 unspecified atom stereocenters. The van der Waals surface area contributed by atoms with Crippen molar-refractivity contribution in [3.05, 3.63) is 23.8 Å². The van der Waals surface area contributed by atoms with Crippen LogP contribution in [0.1, 0.15) is 31.2 Å². The van der Waals surface area contributed by atoms with Crippen LogP contribution < -0.4 is 15.2 Å². The SMILES string of the molecule is CCC[C@H](CN)c1ccc(OC)c(OC)c1. The van der Waals surface area contributed by atoms with Crippen LogP contribution in [0.2, 0.25) is 0 Å². The molecule has 0 aliphatic rings. The van der Waals surface area contributed by atoms with Gasteiger partial charge in [-0.05, 0) is 36.6 Å². The Morgan fingerprint density at radius 2 is 1.88 bits per heavy atom. The van der Waals surface area contributed by atoms with Crippen molar-refractivity contribution in [1.29, 1.82) is 0 Å². The van der Waals surface area contributed by atoms with Crippen molar-refractivity contribution >= 4 is 0 Å². The molecule has 90 valence electrons. The highest BCUT2D eigenvalue weighted by Gasteiger charge is 2.12. The van der Waals surface area contributed by atoms with Gasteiger partial charge in [-0.2, -0.15) is 0 Å². The summed E-state index contributed by atoms with van der Waals surface area (Å²) in [6.07, 6.45) is 2.24. The molecule has 0 aliphatic carbocycles. The Kier molecular flexibility index (Phi) is 5.12. The molecule has 0 bridgehead atoms. The van der Waals surface area contributed by atoms with Crippen LogP contribution in [-0.4, -0.2) is 20.8 Å². The lowest BCUT2D eigenvalue weighted by atomic mass is 9.94. The third kappa shape index (κ3) is 2.89. The van der Waals surface area contributed by atoms with Gasteiger partial charge in [0.05, 0.1) is 14.2 Å². The van der Waals surface area contributed by atoms with Crippen LogP contribution in [0.3, 0.4) is 0 Å². The van der Waals surface area contributed by atoms with E-state index in [1.165, 1.54) is 5.56 Å². The maximum absolute atomic E-state index is 5.78. The molecule has 16 heavy (non-hydrogen) atoms. The summed E-state index contributed by atoms with van der Waals surface area (Å²) in [6, 6.07) is 6.02. The Morgan fingerprint density at radius 1 is 1.19 bits per heavy atom. The van der Waals surface area contributed by atoms with Gasteiger partial charge >= 0.3 is 0 Å². The summed E-state index contributed by atoms with van der Waals surface area (Å²) >= 11 is 0. The van der Waals surface area contributed by atoms with Gasteiger partial charge in [-0.25, -0.2) is 0 Å². The third-order valence-corrected chi connectivity index (χ3v) is 2.80. The van der Waals surface area contributed by atoms with E-state index in [2.05, 4.69) is 13.0 Å². The topological polar surface area (TPSA) is 44.5 Å². The van der Waals surface area contributed by atoms with Gasteiger partial charge in [-0.15, -0.1) is 0 Å². The van der Waals surface area contributed by atoms with Crippen molar-refractivity contribution in [2.45, 2.75) is 25.7 Å². The average Bonchev–Trinajstić information content (AvgIpc) is 2.35. The van der Waals surface area contributed by atoms with Gasteiger partial charge < -0.3 is 15.2 Å². The highest BCUT2D eigenvalue weighted by molar-refractivity contribution is 5.44. The first-order valence-electron chi connectivity index (χ1n) is 5.68. The summed E-state index contributed by atoms with van der Waals surface area (Å²) in [6.45, 7) is 2.84. The van der Waals surface area contributed by atoms with Crippen LogP contribution in [-0.2, 0) is 0 Å². The summed E-state index contributed by atoms with van der Waals surface area (Å²) < 4.78 is 10.5.